The molecule has 2 atom stereocenters. The van der Waals surface area contributed by atoms with Crippen LogP contribution in [0.2, 0.25) is 0 Å². The maximum Gasteiger partial charge on any atom is 0.332 e. The van der Waals surface area contributed by atoms with Crippen LogP contribution < -0.4 is 5.32 Å². The van der Waals surface area contributed by atoms with Gasteiger partial charge in [0.25, 0.3) is 11.8 Å². The molecule has 1 amide bonds. The van der Waals surface area contributed by atoms with E-state index >= 15 is 4.39 Å². The minimum absolute atomic E-state index is 0.00186. The molecule has 0 bridgehead atoms. The number of aliphatic carboxylic acids is 2. The van der Waals surface area contributed by atoms with E-state index < -0.39 is 29.6 Å². The molecule has 0 saturated heterocycles. The summed E-state index contributed by atoms with van der Waals surface area (Å²) in [4.78, 5) is 35.6. The fraction of sp³-hybridized carbons (Fsp3) is 0.286. The van der Waals surface area contributed by atoms with E-state index in [1.165, 1.54) is 6.08 Å². The lowest BCUT2D eigenvalue weighted by Gasteiger charge is -2.31. The lowest BCUT2D eigenvalue weighted by Crippen LogP contribution is -2.41. The maximum atomic E-state index is 15.5. The number of hydrogen-bond donors (Lipinski definition) is 3. The predicted octanol–water partition coefficient (Wildman–Crippen LogP) is 2.66. The molecule has 2 aliphatic rings. The molecule has 8 heteroatoms. The number of alkyl halides is 1. The number of rotatable bonds is 6. The van der Waals surface area contributed by atoms with Gasteiger partial charge in [-0.1, -0.05) is 36.4 Å². The number of nitrogens with one attached hydrogen (secondary N) is 1. The van der Waals surface area contributed by atoms with Crippen LogP contribution in [0.5, 0.6) is 0 Å². The smallest absolute Gasteiger partial charge is 0.332 e. The normalized spacial score (nSPS) is 24.0. The second kappa shape index (κ2) is 8.00. The Balaban J connectivity index is 1.93. The quantitative estimate of drug-likeness (QED) is 0.676. The van der Waals surface area contributed by atoms with Gasteiger partial charge in [0.05, 0.1) is 11.6 Å². The van der Waals surface area contributed by atoms with E-state index in [-0.39, 0.29) is 36.1 Å². The molecule has 1 aromatic rings. The Bertz CT molecular complexity index is 949. The number of carboxylic acids is 2. The molecule has 0 heterocycles. The summed E-state index contributed by atoms with van der Waals surface area (Å²) in [6.07, 6.45) is 2.77. The Morgan fingerprint density at radius 2 is 1.86 bits per heavy atom. The molecule has 152 valence electrons. The molecular weight excluding hydrogens is 381 g/mol. The van der Waals surface area contributed by atoms with Crippen molar-refractivity contribution in [3.8, 4) is 0 Å². The number of benzene rings is 1. The minimum Gasteiger partial charge on any atom is -0.481 e. The second-order valence-electron chi connectivity index (χ2n) is 6.83. The summed E-state index contributed by atoms with van der Waals surface area (Å²) in [6.45, 7) is 0. The largest absolute Gasteiger partial charge is 0.481 e. The zero-order valence-corrected chi connectivity index (χ0v) is 15.6. The molecule has 0 aromatic heterocycles. The van der Waals surface area contributed by atoms with Crippen LogP contribution in [0, 0.1) is 5.92 Å². The van der Waals surface area contributed by atoms with E-state index in [0.29, 0.717) is 5.57 Å². The lowest BCUT2D eigenvalue weighted by molar-refractivity contribution is -0.141. The predicted molar refractivity (Wildman–Crippen MR) is 101 cm³/mol. The van der Waals surface area contributed by atoms with Gasteiger partial charge in [0.1, 0.15) is 0 Å². The summed E-state index contributed by atoms with van der Waals surface area (Å²) in [7, 11) is 1.16. The molecule has 3 rings (SSSR count). The van der Waals surface area contributed by atoms with E-state index in [9.17, 15) is 24.6 Å². The van der Waals surface area contributed by atoms with E-state index in [0.717, 1.165) is 12.7 Å². The van der Waals surface area contributed by atoms with Crippen LogP contribution in [0.15, 0.2) is 59.3 Å². The molecule has 0 aliphatic heterocycles. The van der Waals surface area contributed by atoms with E-state index in [4.69, 9.17) is 4.74 Å². The van der Waals surface area contributed by atoms with Crippen molar-refractivity contribution in [1.29, 1.82) is 0 Å². The molecular formula is C21H20FNO6. The van der Waals surface area contributed by atoms with Gasteiger partial charge in [-0.05, 0) is 30.1 Å². The standard InChI is InChI=1S/C21H20FNO6/c1-29-21(22)11-13(12-5-3-2-4-6-12)7-10-16(21)23-18(24)17-14(19(25)26)8-9-15(17)20(27)28/h2-7,10,14H,8-9,11H2,1H3,(H,23,24)(H,25,26)(H,27,28). The average Bonchev–Trinajstić information content (AvgIpc) is 3.16. The van der Waals surface area contributed by atoms with Crippen molar-refractivity contribution in [3.63, 3.8) is 0 Å². The number of halogens is 1. The van der Waals surface area contributed by atoms with Crippen LogP contribution in [0.25, 0.3) is 5.57 Å². The van der Waals surface area contributed by atoms with Crippen molar-refractivity contribution in [2.75, 3.05) is 7.11 Å². The maximum absolute atomic E-state index is 15.5. The van der Waals surface area contributed by atoms with Crippen LogP contribution in [0.3, 0.4) is 0 Å². The molecule has 2 aliphatic carbocycles. The number of carbonyl (C=O) groups is 3. The van der Waals surface area contributed by atoms with Crippen molar-refractivity contribution >= 4 is 23.4 Å². The van der Waals surface area contributed by atoms with Crippen molar-refractivity contribution in [3.05, 3.63) is 64.9 Å². The summed E-state index contributed by atoms with van der Waals surface area (Å²) in [5.74, 6) is -7.21. The van der Waals surface area contributed by atoms with E-state index in [1.807, 2.05) is 30.3 Å². The highest BCUT2D eigenvalue weighted by atomic mass is 19.2. The molecule has 7 nitrogen and oxygen atoms in total. The molecule has 0 saturated carbocycles. The topological polar surface area (TPSA) is 113 Å². The highest BCUT2D eigenvalue weighted by molar-refractivity contribution is 6.07. The summed E-state index contributed by atoms with van der Waals surface area (Å²) >= 11 is 0. The summed E-state index contributed by atoms with van der Waals surface area (Å²) in [6, 6.07) is 9.10. The highest BCUT2D eigenvalue weighted by Crippen LogP contribution is 2.38. The van der Waals surface area contributed by atoms with Crippen LogP contribution in [0.1, 0.15) is 24.8 Å². The van der Waals surface area contributed by atoms with Gasteiger partial charge in [-0.2, -0.15) is 0 Å². The monoisotopic (exact) mass is 401 g/mol. The van der Waals surface area contributed by atoms with Crippen molar-refractivity contribution in [2.24, 2.45) is 5.92 Å². The minimum atomic E-state index is -2.35. The molecule has 1 aromatic carbocycles. The lowest BCUT2D eigenvalue weighted by atomic mass is 9.91. The number of methoxy groups -OCH3 is 1. The van der Waals surface area contributed by atoms with Crippen LogP contribution in [-0.4, -0.2) is 41.0 Å². The molecule has 29 heavy (non-hydrogen) atoms. The Kier molecular flexibility index (Phi) is 5.65. The van der Waals surface area contributed by atoms with Gasteiger partial charge in [-0.15, -0.1) is 0 Å². The third-order valence-corrected chi connectivity index (χ3v) is 5.15. The third-order valence-electron chi connectivity index (χ3n) is 5.15. The molecule has 2 unspecified atom stereocenters. The number of carboxylic acid groups (broad SMARTS) is 2. The number of carbonyl (C=O) groups excluding carboxylic acids is 1. The first-order valence-electron chi connectivity index (χ1n) is 8.98. The zero-order valence-electron chi connectivity index (χ0n) is 15.6. The van der Waals surface area contributed by atoms with Crippen LogP contribution in [-0.2, 0) is 19.1 Å². The average molecular weight is 401 g/mol. The van der Waals surface area contributed by atoms with Gasteiger partial charge in [0.2, 0.25) is 0 Å². The first-order valence-corrected chi connectivity index (χ1v) is 8.98. The Morgan fingerprint density at radius 1 is 1.17 bits per heavy atom. The number of ether oxygens (including phenoxy) is 1. The summed E-state index contributed by atoms with van der Waals surface area (Å²) in [5.41, 5.74) is 0.613. The van der Waals surface area contributed by atoms with E-state index in [2.05, 4.69) is 5.32 Å². The molecule has 3 N–H and O–H groups in total. The molecule has 0 radical (unpaired) electrons. The number of allylic oxidation sites excluding steroid dienone is 2. The van der Waals surface area contributed by atoms with Crippen molar-refractivity contribution in [2.45, 2.75) is 25.1 Å². The first-order chi connectivity index (χ1) is 13.8. The molecule has 0 fully saturated rings. The zero-order chi connectivity index (χ0) is 21.2. The van der Waals surface area contributed by atoms with Gasteiger partial charge in [0, 0.05) is 24.7 Å². The Morgan fingerprint density at radius 3 is 2.45 bits per heavy atom. The molecule has 0 spiro atoms. The van der Waals surface area contributed by atoms with Crippen molar-refractivity contribution < 1.29 is 33.7 Å². The number of amides is 1. The van der Waals surface area contributed by atoms with E-state index in [1.54, 1.807) is 6.08 Å². The highest BCUT2D eigenvalue weighted by Gasteiger charge is 2.42. The van der Waals surface area contributed by atoms with Crippen molar-refractivity contribution in [1.82, 2.24) is 5.32 Å². The third kappa shape index (κ3) is 3.97. The van der Waals surface area contributed by atoms with Gasteiger partial charge >= 0.3 is 11.9 Å². The van der Waals surface area contributed by atoms with Gasteiger partial charge < -0.3 is 20.3 Å². The van der Waals surface area contributed by atoms with Crippen LogP contribution in [0.4, 0.5) is 4.39 Å². The SMILES string of the molecule is COC1(F)CC(c2ccccc2)=CC=C1NC(=O)C1=C(C(=O)O)CCC1C(=O)O. The van der Waals surface area contributed by atoms with Gasteiger partial charge in [-0.3, -0.25) is 9.59 Å². The summed E-state index contributed by atoms with van der Waals surface area (Å²) in [5, 5.41) is 20.9. The Hall–Kier alpha value is -3.26. The van der Waals surface area contributed by atoms with Crippen LogP contribution >= 0.6 is 0 Å². The van der Waals surface area contributed by atoms with Gasteiger partial charge in [0.15, 0.2) is 0 Å². The first kappa shape index (κ1) is 20.5. The summed E-state index contributed by atoms with van der Waals surface area (Å²) < 4.78 is 20.5. The fourth-order valence-electron chi connectivity index (χ4n) is 3.61. The second-order valence-corrected chi connectivity index (χ2v) is 6.83. The fourth-order valence-corrected chi connectivity index (χ4v) is 3.61. The van der Waals surface area contributed by atoms with Gasteiger partial charge in [-0.25, -0.2) is 9.18 Å². The number of hydrogen-bond acceptors (Lipinski definition) is 4. The Labute approximate surface area is 166 Å².